The summed E-state index contributed by atoms with van der Waals surface area (Å²) in [5.74, 6) is -1.02. The second-order valence-electron chi connectivity index (χ2n) is 3.99. The quantitative estimate of drug-likeness (QED) is 0.705. The average Bonchev–Trinajstić information content (AvgIpc) is 2.51. The number of rotatable bonds is 2. The molecule has 2 aliphatic rings. The molecule has 1 aliphatic carbocycles. The van der Waals surface area contributed by atoms with Crippen molar-refractivity contribution in [3.8, 4) is 0 Å². The largest absolute Gasteiger partial charge is 0.490 e. The fraction of sp³-hybridized carbons (Fsp3) is 0.333. The molecule has 1 heterocycles. The minimum atomic E-state index is -1.50. The van der Waals surface area contributed by atoms with E-state index in [-0.39, 0.29) is 12.5 Å². The summed E-state index contributed by atoms with van der Waals surface area (Å²) < 4.78 is 10.9. The first kappa shape index (κ1) is 12.4. The maximum absolute atomic E-state index is 11.8. The number of primary amides is 1. The van der Waals surface area contributed by atoms with Gasteiger partial charge in [0, 0.05) is 6.92 Å². The van der Waals surface area contributed by atoms with E-state index in [0.717, 1.165) is 0 Å². The minimum absolute atomic E-state index is 0.171. The van der Waals surface area contributed by atoms with E-state index in [1.54, 1.807) is 24.3 Å². The summed E-state index contributed by atoms with van der Waals surface area (Å²) in [7, 11) is 0. The summed E-state index contributed by atoms with van der Waals surface area (Å²) in [5.41, 5.74) is 4.24. The molecular formula is C12H14N2O4. The lowest BCUT2D eigenvalue weighted by molar-refractivity contribution is -0.147. The molecule has 6 heteroatoms. The highest BCUT2D eigenvalue weighted by atomic mass is 16.6. The third-order valence-corrected chi connectivity index (χ3v) is 2.75. The van der Waals surface area contributed by atoms with Gasteiger partial charge in [0.25, 0.3) is 5.91 Å². The number of fused-ring (bicyclic) bond motifs is 1. The van der Waals surface area contributed by atoms with E-state index in [9.17, 15) is 9.59 Å². The second-order valence-corrected chi connectivity index (χ2v) is 3.99. The normalized spacial score (nSPS) is 29.6. The standard InChI is InChI=1S/C12H14N2O4/c1-8(15)14-9-4-2-5-10-12(9,11(13)16)18-7-3-6-17-10/h2-6,10H,7H2,1H3,(H2,13,16)(H,14,15). The molecule has 0 saturated carbocycles. The van der Waals surface area contributed by atoms with Gasteiger partial charge in [-0.05, 0) is 18.2 Å². The van der Waals surface area contributed by atoms with Gasteiger partial charge in [-0.3, -0.25) is 9.59 Å². The Morgan fingerprint density at radius 3 is 3.00 bits per heavy atom. The number of carbonyl (C=O) groups excluding carboxylic acids is 2. The van der Waals surface area contributed by atoms with Crippen LogP contribution in [0.25, 0.3) is 0 Å². The Hall–Kier alpha value is -2.08. The Morgan fingerprint density at radius 2 is 2.33 bits per heavy atom. The number of ether oxygens (including phenoxy) is 2. The van der Waals surface area contributed by atoms with Crippen molar-refractivity contribution in [1.29, 1.82) is 0 Å². The molecule has 0 aromatic rings. The first-order valence-electron chi connectivity index (χ1n) is 5.48. The number of amides is 2. The highest BCUT2D eigenvalue weighted by Gasteiger charge is 2.51. The van der Waals surface area contributed by atoms with Crippen LogP contribution in [-0.4, -0.2) is 30.1 Å². The molecule has 2 amide bonds. The molecule has 0 aromatic carbocycles. The predicted molar refractivity (Wildman–Crippen MR) is 62.9 cm³/mol. The summed E-state index contributed by atoms with van der Waals surface area (Å²) >= 11 is 0. The van der Waals surface area contributed by atoms with E-state index < -0.39 is 17.6 Å². The van der Waals surface area contributed by atoms with Crippen LogP contribution in [0.5, 0.6) is 0 Å². The van der Waals surface area contributed by atoms with Gasteiger partial charge in [-0.25, -0.2) is 0 Å². The lowest BCUT2D eigenvalue weighted by atomic mass is 9.87. The summed E-state index contributed by atoms with van der Waals surface area (Å²) in [6.45, 7) is 1.52. The molecule has 6 nitrogen and oxygen atoms in total. The fourth-order valence-corrected chi connectivity index (χ4v) is 1.99. The summed E-state index contributed by atoms with van der Waals surface area (Å²) in [4.78, 5) is 23.0. The van der Waals surface area contributed by atoms with Crippen molar-refractivity contribution in [2.45, 2.75) is 18.6 Å². The van der Waals surface area contributed by atoms with E-state index in [1.807, 2.05) is 0 Å². The molecule has 3 N–H and O–H groups in total. The molecule has 0 fully saturated rings. The monoisotopic (exact) mass is 250 g/mol. The molecule has 0 aromatic heterocycles. The maximum Gasteiger partial charge on any atom is 0.260 e. The molecule has 1 aliphatic heterocycles. The zero-order valence-electron chi connectivity index (χ0n) is 9.88. The lowest BCUT2D eigenvalue weighted by Gasteiger charge is -2.37. The number of carbonyl (C=O) groups is 2. The minimum Gasteiger partial charge on any atom is -0.490 e. The molecule has 2 unspecified atom stereocenters. The lowest BCUT2D eigenvalue weighted by Crippen LogP contribution is -2.60. The van der Waals surface area contributed by atoms with Crippen LogP contribution in [0.4, 0.5) is 0 Å². The fourth-order valence-electron chi connectivity index (χ4n) is 1.99. The molecule has 0 bridgehead atoms. The van der Waals surface area contributed by atoms with Crippen molar-refractivity contribution in [2.24, 2.45) is 5.73 Å². The number of nitrogens with one attached hydrogen (secondary N) is 1. The van der Waals surface area contributed by atoms with Gasteiger partial charge in [0.2, 0.25) is 11.5 Å². The predicted octanol–water partition coefficient (Wildman–Crippen LogP) is -0.271. The van der Waals surface area contributed by atoms with Gasteiger partial charge in [-0.15, -0.1) is 0 Å². The summed E-state index contributed by atoms with van der Waals surface area (Å²) in [5, 5.41) is 2.57. The Labute approximate surface area is 104 Å². The number of hydrogen-bond donors (Lipinski definition) is 2. The van der Waals surface area contributed by atoms with Gasteiger partial charge in [-0.1, -0.05) is 6.08 Å². The molecule has 0 saturated heterocycles. The van der Waals surface area contributed by atoms with Crippen LogP contribution in [0, 0.1) is 0 Å². The van der Waals surface area contributed by atoms with Crippen molar-refractivity contribution >= 4 is 11.8 Å². The number of nitrogens with two attached hydrogens (primary N) is 1. The van der Waals surface area contributed by atoms with E-state index in [0.29, 0.717) is 5.70 Å². The average molecular weight is 250 g/mol. The Kier molecular flexibility index (Phi) is 3.20. The topological polar surface area (TPSA) is 90.7 Å². The molecule has 2 rings (SSSR count). The smallest absolute Gasteiger partial charge is 0.260 e. The van der Waals surface area contributed by atoms with Crippen molar-refractivity contribution in [3.05, 3.63) is 36.3 Å². The van der Waals surface area contributed by atoms with Gasteiger partial charge >= 0.3 is 0 Å². The molecular weight excluding hydrogens is 236 g/mol. The van der Waals surface area contributed by atoms with Crippen LogP contribution in [0.2, 0.25) is 0 Å². The second kappa shape index (κ2) is 4.66. The van der Waals surface area contributed by atoms with Gasteiger partial charge in [0.05, 0.1) is 18.6 Å². The Bertz CT molecular complexity index is 467. The van der Waals surface area contributed by atoms with Gasteiger partial charge < -0.3 is 20.5 Å². The highest BCUT2D eigenvalue weighted by Crippen LogP contribution is 2.32. The maximum atomic E-state index is 11.8. The van der Waals surface area contributed by atoms with E-state index in [1.165, 1.54) is 13.2 Å². The number of hydrogen-bond acceptors (Lipinski definition) is 4. The number of allylic oxidation sites excluding steroid dienone is 2. The van der Waals surface area contributed by atoms with Gasteiger partial charge in [0.1, 0.15) is 0 Å². The van der Waals surface area contributed by atoms with Crippen molar-refractivity contribution < 1.29 is 19.1 Å². The highest BCUT2D eigenvalue weighted by molar-refractivity contribution is 5.91. The molecule has 0 spiro atoms. The van der Waals surface area contributed by atoms with Crippen LogP contribution in [0.3, 0.4) is 0 Å². The summed E-state index contributed by atoms with van der Waals surface area (Å²) in [6.07, 6.45) is 7.31. The Balaban J connectivity index is 2.44. The van der Waals surface area contributed by atoms with Crippen LogP contribution < -0.4 is 11.1 Å². The van der Waals surface area contributed by atoms with Crippen molar-refractivity contribution in [1.82, 2.24) is 5.32 Å². The van der Waals surface area contributed by atoms with Crippen LogP contribution in [-0.2, 0) is 19.1 Å². The zero-order valence-corrected chi connectivity index (χ0v) is 9.88. The zero-order chi connectivity index (χ0) is 13.2. The van der Waals surface area contributed by atoms with Crippen LogP contribution in [0.1, 0.15) is 6.92 Å². The summed E-state index contributed by atoms with van der Waals surface area (Å²) in [6, 6.07) is 0. The third-order valence-electron chi connectivity index (χ3n) is 2.75. The first-order chi connectivity index (χ1) is 8.57. The van der Waals surface area contributed by atoms with Crippen molar-refractivity contribution in [3.63, 3.8) is 0 Å². The van der Waals surface area contributed by atoms with Gasteiger partial charge in [0.15, 0.2) is 6.10 Å². The Morgan fingerprint density at radius 1 is 1.56 bits per heavy atom. The molecule has 96 valence electrons. The third kappa shape index (κ3) is 1.91. The van der Waals surface area contributed by atoms with Crippen molar-refractivity contribution in [2.75, 3.05) is 6.61 Å². The van der Waals surface area contributed by atoms with Crippen LogP contribution in [0.15, 0.2) is 36.3 Å². The van der Waals surface area contributed by atoms with Gasteiger partial charge in [-0.2, -0.15) is 0 Å². The van der Waals surface area contributed by atoms with Crippen LogP contribution >= 0.6 is 0 Å². The molecule has 2 atom stereocenters. The van der Waals surface area contributed by atoms with E-state index >= 15 is 0 Å². The molecule has 18 heavy (non-hydrogen) atoms. The SMILES string of the molecule is CC(=O)NC1=CC=CC2OC=CCOC12C(N)=O. The van der Waals surface area contributed by atoms with E-state index in [2.05, 4.69) is 5.32 Å². The molecule has 0 radical (unpaired) electrons. The van der Waals surface area contributed by atoms with E-state index in [4.69, 9.17) is 15.2 Å². The first-order valence-corrected chi connectivity index (χ1v) is 5.48.